The number of nitrogens with one attached hydrogen (secondary N) is 2. The van der Waals surface area contributed by atoms with E-state index in [2.05, 4.69) is 25.5 Å². The van der Waals surface area contributed by atoms with Crippen LogP contribution in [0.1, 0.15) is 50.6 Å². The summed E-state index contributed by atoms with van der Waals surface area (Å²) in [5, 5.41) is 6.88. The van der Waals surface area contributed by atoms with Crippen molar-refractivity contribution in [2.24, 2.45) is 10.9 Å². The average Bonchev–Trinajstić information content (AvgIpc) is 3.10. The summed E-state index contributed by atoms with van der Waals surface area (Å²) in [7, 11) is 1.84. The molecule has 0 aromatic carbocycles. The molecular formula is C20H33N5. The van der Waals surface area contributed by atoms with Gasteiger partial charge in [0.15, 0.2) is 5.96 Å². The Morgan fingerprint density at radius 3 is 2.80 bits per heavy atom. The Kier molecular flexibility index (Phi) is 7.10. The average molecular weight is 344 g/mol. The van der Waals surface area contributed by atoms with Gasteiger partial charge < -0.3 is 10.6 Å². The van der Waals surface area contributed by atoms with Crippen LogP contribution in [0.15, 0.2) is 29.4 Å². The Labute approximate surface area is 152 Å². The summed E-state index contributed by atoms with van der Waals surface area (Å²) < 4.78 is 0. The van der Waals surface area contributed by atoms with Crippen molar-refractivity contribution in [3.63, 3.8) is 0 Å². The van der Waals surface area contributed by atoms with E-state index in [0.29, 0.717) is 12.6 Å². The number of rotatable bonds is 6. The Balaban J connectivity index is 1.42. The summed E-state index contributed by atoms with van der Waals surface area (Å²) in [6.45, 7) is 4.25. The van der Waals surface area contributed by atoms with Crippen LogP contribution in [0, 0.1) is 5.92 Å². The fraction of sp³-hybridized carbons (Fsp3) is 0.700. The van der Waals surface area contributed by atoms with E-state index in [-0.39, 0.29) is 0 Å². The van der Waals surface area contributed by atoms with E-state index in [1.165, 1.54) is 58.0 Å². The van der Waals surface area contributed by atoms with Crippen LogP contribution in [0.4, 0.5) is 0 Å². The molecule has 2 heterocycles. The molecule has 1 aliphatic carbocycles. The second kappa shape index (κ2) is 9.76. The van der Waals surface area contributed by atoms with Crippen LogP contribution in [-0.4, -0.2) is 48.6 Å². The van der Waals surface area contributed by atoms with Crippen molar-refractivity contribution < 1.29 is 0 Å². The van der Waals surface area contributed by atoms with Gasteiger partial charge >= 0.3 is 0 Å². The number of hydrogen-bond donors (Lipinski definition) is 2. The van der Waals surface area contributed by atoms with E-state index in [1.807, 2.05) is 31.4 Å². The highest BCUT2D eigenvalue weighted by atomic mass is 15.2. The number of pyridine rings is 1. The molecule has 2 fully saturated rings. The van der Waals surface area contributed by atoms with Gasteiger partial charge in [-0.1, -0.05) is 25.3 Å². The third-order valence-corrected chi connectivity index (χ3v) is 5.61. The summed E-state index contributed by atoms with van der Waals surface area (Å²) in [5.41, 5.74) is 1.03. The third-order valence-electron chi connectivity index (χ3n) is 5.61. The topological polar surface area (TPSA) is 52.6 Å². The Morgan fingerprint density at radius 1 is 1.16 bits per heavy atom. The molecule has 1 atom stereocenters. The number of hydrogen-bond acceptors (Lipinski definition) is 3. The Hall–Kier alpha value is -1.62. The summed E-state index contributed by atoms with van der Waals surface area (Å²) in [5.74, 6) is 1.80. The summed E-state index contributed by atoms with van der Waals surface area (Å²) in [6.07, 6.45) is 11.6. The van der Waals surface area contributed by atoms with E-state index in [0.717, 1.165) is 24.1 Å². The SMILES string of the molecule is CN=C(NCc1ccccn1)NCC1CCCN1CC1CCCCC1. The van der Waals surface area contributed by atoms with Crippen LogP contribution in [-0.2, 0) is 6.54 Å². The largest absolute Gasteiger partial charge is 0.355 e. The maximum atomic E-state index is 4.35. The Bertz CT molecular complexity index is 524. The summed E-state index contributed by atoms with van der Waals surface area (Å²) >= 11 is 0. The van der Waals surface area contributed by atoms with E-state index < -0.39 is 0 Å². The number of aromatic nitrogens is 1. The molecule has 0 radical (unpaired) electrons. The Morgan fingerprint density at radius 2 is 2.04 bits per heavy atom. The molecule has 25 heavy (non-hydrogen) atoms. The lowest BCUT2D eigenvalue weighted by atomic mass is 9.89. The number of guanidine groups is 1. The molecule has 1 saturated heterocycles. The van der Waals surface area contributed by atoms with Gasteiger partial charge in [-0.15, -0.1) is 0 Å². The molecule has 3 rings (SSSR count). The summed E-state index contributed by atoms with van der Waals surface area (Å²) in [6, 6.07) is 6.64. The lowest BCUT2D eigenvalue weighted by Gasteiger charge is -2.31. The van der Waals surface area contributed by atoms with Crippen molar-refractivity contribution in [1.82, 2.24) is 20.5 Å². The quantitative estimate of drug-likeness (QED) is 0.616. The highest BCUT2D eigenvalue weighted by Crippen LogP contribution is 2.27. The molecule has 0 amide bonds. The van der Waals surface area contributed by atoms with Gasteiger partial charge in [-0.2, -0.15) is 0 Å². The van der Waals surface area contributed by atoms with E-state index in [1.54, 1.807) is 0 Å². The number of aliphatic imine (C=N–C) groups is 1. The van der Waals surface area contributed by atoms with E-state index >= 15 is 0 Å². The number of likely N-dealkylation sites (tertiary alicyclic amines) is 1. The fourth-order valence-electron chi connectivity index (χ4n) is 4.18. The molecular weight excluding hydrogens is 310 g/mol. The van der Waals surface area contributed by atoms with Crippen molar-refractivity contribution in [2.45, 2.75) is 57.5 Å². The van der Waals surface area contributed by atoms with Crippen LogP contribution in [0.2, 0.25) is 0 Å². The highest BCUT2D eigenvalue weighted by molar-refractivity contribution is 5.79. The van der Waals surface area contributed by atoms with E-state index in [9.17, 15) is 0 Å². The zero-order chi connectivity index (χ0) is 17.3. The van der Waals surface area contributed by atoms with Gasteiger partial charge in [0, 0.05) is 32.4 Å². The minimum Gasteiger partial charge on any atom is -0.355 e. The maximum absolute atomic E-state index is 4.35. The van der Waals surface area contributed by atoms with Gasteiger partial charge in [-0.25, -0.2) is 0 Å². The lowest BCUT2D eigenvalue weighted by molar-refractivity contribution is 0.188. The van der Waals surface area contributed by atoms with Crippen LogP contribution in [0.5, 0.6) is 0 Å². The fourth-order valence-corrected chi connectivity index (χ4v) is 4.18. The van der Waals surface area contributed by atoms with Crippen molar-refractivity contribution in [2.75, 3.05) is 26.7 Å². The molecule has 1 aliphatic heterocycles. The maximum Gasteiger partial charge on any atom is 0.191 e. The lowest BCUT2D eigenvalue weighted by Crippen LogP contribution is -2.45. The monoisotopic (exact) mass is 343 g/mol. The van der Waals surface area contributed by atoms with Crippen LogP contribution >= 0.6 is 0 Å². The first-order valence-electron chi connectivity index (χ1n) is 9.93. The van der Waals surface area contributed by atoms with Crippen molar-refractivity contribution in [3.8, 4) is 0 Å². The standard InChI is InChI=1S/C20H33N5/c1-21-20(23-14-18-10-5-6-12-22-18)24-15-19-11-7-13-25(19)16-17-8-3-2-4-9-17/h5-6,10,12,17,19H,2-4,7-9,11,13-16H2,1H3,(H2,21,23,24). The first-order chi connectivity index (χ1) is 12.3. The van der Waals surface area contributed by atoms with E-state index in [4.69, 9.17) is 0 Å². The zero-order valence-corrected chi connectivity index (χ0v) is 15.6. The molecule has 2 N–H and O–H groups in total. The predicted molar refractivity (Wildman–Crippen MR) is 104 cm³/mol. The number of nitrogens with zero attached hydrogens (tertiary/aromatic N) is 3. The smallest absolute Gasteiger partial charge is 0.191 e. The van der Waals surface area contributed by atoms with Gasteiger partial charge in [-0.05, 0) is 50.3 Å². The van der Waals surface area contributed by atoms with Crippen molar-refractivity contribution >= 4 is 5.96 Å². The third kappa shape index (κ3) is 5.70. The predicted octanol–water partition coefficient (Wildman–Crippen LogP) is 2.79. The van der Waals surface area contributed by atoms with Gasteiger partial charge in [0.2, 0.25) is 0 Å². The van der Waals surface area contributed by atoms with Gasteiger partial charge in [-0.3, -0.25) is 14.9 Å². The van der Waals surface area contributed by atoms with Crippen LogP contribution in [0.25, 0.3) is 0 Å². The van der Waals surface area contributed by atoms with Gasteiger partial charge in [0.25, 0.3) is 0 Å². The molecule has 2 aliphatic rings. The molecule has 1 unspecified atom stereocenters. The molecule has 0 bridgehead atoms. The molecule has 1 saturated carbocycles. The molecule has 5 heteroatoms. The molecule has 138 valence electrons. The zero-order valence-electron chi connectivity index (χ0n) is 15.6. The summed E-state index contributed by atoms with van der Waals surface area (Å²) in [4.78, 5) is 11.4. The van der Waals surface area contributed by atoms with Crippen molar-refractivity contribution in [3.05, 3.63) is 30.1 Å². The minimum absolute atomic E-state index is 0.648. The normalized spacial score (nSPS) is 22.9. The molecule has 0 spiro atoms. The second-order valence-corrected chi connectivity index (χ2v) is 7.42. The molecule has 1 aromatic rings. The van der Waals surface area contributed by atoms with Gasteiger partial charge in [0.1, 0.15) is 0 Å². The molecule has 1 aromatic heterocycles. The second-order valence-electron chi connectivity index (χ2n) is 7.42. The first kappa shape index (κ1) is 18.2. The molecule has 5 nitrogen and oxygen atoms in total. The van der Waals surface area contributed by atoms with Crippen LogP contribution in [0.3, 0.4) is 0 Å². The van der Waals surface area contributed by atoms with Crippen molar-refractivity contribution in [1.29, 1.82) is 0 Å². The minimum atomic E-state index is 0.648. The van der Waals surface area contributed by atoms with Crippen LogP contribution < -0.4 is 10.6 Å². The first-order valence-corrected chi connectivity index (χ1v) is 9.93. The highest BCUT2D eigenvalue weighted by Gasteiger charge is 2.27. The van der Waals surface area contributed by atoms with Gasteiger partial charge in [0.05, 0.1) is 12.2 Å².